The van der Waals surface area contributed by atoms with Crippen molar-refractivity contribution in [3.63, 3.8) is 0 Å². The van der Waals surface area contributed by atoms with Crippen LogP contribution < -0.4 is 5.43 Å². The second-order valence-corrected chi connectivity index (χ2v) is 5.66. The average Bonchev–Trinajstić information content (AvgIpc) is 2.59. The van der Waals surface area contributed by atoms with E-state index < -0.39 is 0 Å². The highest BCUT2D eigenvalue weighted by Crippen LogP contribution is 2.18. The minimum absolute atomic E-state index is 0.657. The van der Waals surface area contributed by atoms with Gasteiger partial charge in [0.1, 0.15) is 0 Å². The van der Waals surface area contributed by atoms with Crippen molar-refractivity contribution >= 4 is 23.0 Å². The minimum Gasteiger partial charge on any atom is -0.343 e. The third-order valence-electron chi connectivity index (χ3n) is 3.77. The zero-order valence-electron chi connectivity index (χ0n) is 12.5. The van der Waals surface area contributed by atoms with Crippen molar-refractivity contribution in [1.29, 1.82) is 0 Å². The van der Waals surface area contributed by atoms with Crippen LogP contribution in [0.25, 0.3) is 0 Å². The first-order valence-electron chi connectivity index (χ1n) is 7.31. The molecule has 2 heterocycles. The fraction of sp³-hybridized carbons (Fsp3) is 0.235. The number of benzene rings is 1. The minimum atomic E-state index is 0.657. The Kier molecular flexibility index (Phi) is 4.44. The smallest absolute Gasteiger partial charge is 0.189 e. The predicted molar refractivity (Wildman–Crippen MR) is 92.7 cm³/mol. The average molecular weight is 310 g/mol. The molecule has 1 aliphatic heterocycles. The maximum absolute atomic E-state index is 5.46. The van der Waals surface area contributed by atoms with Gasteiger partial charge < -0.3 is 4.90 Å². The largest absolute Gasteiger partial charge is 0.343 e. The Morgan fingerprint density at radius 1 is 1.18 bits per heavy atom. The molecule has 4 nitrogen and oxygen atoms in total. The van der Waals surface area contributed by atoms with E-state index in [9.17, 15) is 0 Å². The van der Waals surface area contributed by atoms with E-state index in [1.165, 1.54) is 11.1 Å². The first-order chi connectivity index (χ1) is 10.7. The van der Waals surface area contributed by atoms with Gasteiger partial charge in [-0.1, -0.05) is 30.3 Å². The number of rotatable bonds is 2. The predicted octanol–water partition coefficient (Wildman–Crippen LogP) is 2.74. The lowest BCUT2D eigenvalue weighted by Gasteiger charge is -2.30. The van der Waals surface area contributed by atoms with Crippen molar-refractivity contribution in [3.05, 3.63) is 65.5 Å². The van der Waals surface area contributed by atoms with Crippen LogP contribution >= 0.6 is 12.2 Å². The summed E-state index contributed by atoms with van der Waals surface area (Å²) in [7, 11) is 0. The summed E-state index contributed by atoms with van der Waals surface area (Å²) in [6, 6.07) is 14.3. The molecule has 1 aromatic heterocycles. The number of hydrogen-bond acceptors (Lipinski definition) is 3. The Labute approximate surface area is 135 Å². The van der Waals surface area contributed by atoms with Crippen LogP contribution in [0.2, 0.25) is 0 Å². The summed E-state index contributed by atoms with van der Waals surface area (Å²) in [6.07, 6.45) is 2.77. The maximum Gasteiger partial charge on any atom is 0.189 e. The number of nitrogens with zero attached hydrogens (tertiary/aromatic N) is 3. The van der Waals surface area contributed by atoms with Crippen LogP contribution in [0.15, 0.2) is 53.8 Å². The van der Waals surface area contributed by atoms with Crippen molar-refractivity contribution < 1.29 is 0 Å². The van der Waals surface area contributed by atoms with Crippen LogP contribution in [0, 0.1) is 0 Å². The first kappa shape index (κ1) is 14.7. The fourth-order valence-electron chi connectivity index (χ4n) is 2.51. The van der Waals surface area contributed by atoms with Gasteiger partial charge in [0.05, 0.1) is 11.4 Å². The van der Waals surface area contributed by atoms with Crippen LogP contribution in [-0.4, -0.2) is 27.3 Å². The molecule has 0 atom stereocenters. The SMILES string of the molecule is C/C(=N/NC(=S)N1CCc2ccccc2C1)c1ccccn1. The molecule has 1 aliphatic rings. The van der Waals surface area contributed by atoms with Crippen LogP contribution in [0.4, 0.5) is 0 Å². The molecule has 0 radical (unpaired) electrons. The maximum atomic E-state index is 5.46. The molecule has 2 aromatic rings. The Balaban J connectivity index is 1.64. The molecular formula is C17H18N4S. The lowest BCUT2D eigenvalue weighted by Crippen LogP contribution is -2.41. The van der Waals surface area contributed by atoms with E-state index in [-0.39, 0.29) is 0 Å². The number of hydrazone groups is 1. The Morgan fingerprint density at radius 3 is 2.73 bits per heavy atom. The lowest BCUT2D eigenvalue weighted by molar-refractivity contribution is 0.388. The van der Waals surface area contributed by atoms with Crippen molar-refractivity contribution in [2.45, 2.75) is 19.9 Å². The van der Waals surface area contributed by atoms with Crippen molar-refractivity contribution in [3.8, 4) is 0 Å². The summed E-state index contributed by atoms with van der Waals surface area (Å²) in [5, 5.41) is 5.00. The van der Waals surface area contributed by atoms with Gasteiger partial charge in [-0.2, -0.15) is 5.10 Å². The molecule has 0 saturated carbocycles. The molecule has 0 aliphatic carbocycles. The summed E-state index contributed by atoms with van der Waals surface area (Å²) in [5.74, 6) is 0. The normalized spacial score (nSPS) is 14.4. The third kappa shape index (κ3) is 3.31. The van der Waals surface area contributed by atoms with E-state index in [0.29, 0.717) is 5.11 Å². The summed E-state index contributed by atoms with van der Waals surface area (Å²) in [6.45, 7) is 3.67. The monoisotopic (exact) mass is 310 g/mol. The molecule has 22 heavy (non-hydrogen) atoms. The molecule has 0 saturated heterocycles. The van der Waals surface area contributed by atoms with Gasteiger partial charge in [0.2, 0.25) is 0 Å². The number of fused-ring (bicyclic) bond motifs is 1. The van der Waals surface area contributed by atoms with E-state index in [1.54, 1.807) is 6.20 Å². The highest BCUT2D eigenvalue weighted by Gasteiger charge is 2.17. The summed E-state index contributed by atoms with van der Waals surface area (Å²) in [5.41, 5.74) is 7.40. The Bertz CT molecular complexity index is 697. The van der Waals surface area contributed by atoms with Crippen molar-refractivity contribution in [2.75, 3.05) is 6.54 Å². The summed E-state index contributed by atoms with van der Waals surface area (Å²) < 4.78 is 0. The highest BCUT2D eigenvalue weighted by atomic mass is 32.1. The topological polar surface area (TPSA) is 40.5 Å². The van der Waals surface area contributed by atoms with Gasteiger partial charge in [0.25, 0.3) is 0 Å². The molecule has 0 bridgehead atoms. The standard InChI is InChI=1S/C17H18N4S/c1-13(16-8-4-5-10-18-16)19-20-17(22)21-11-9-14-6-2-3-7-15(14)12-21/h2-8,10H,9,11-12H2,1H3,(H,20,22)/b19-13-. The van der Waals surface area contributed by atoms with Crippen LogP contribution in [0.1, 0.15) is 23.7 Å². The van der Waals surface area contributed by atoms with E-state index in [1.807, 2.05) is 25.1 Å². The van der Waals surface area contributed by atoms with Crippen molar-refractivity contribution in [2.24, 2.45) is 5.10 Å². The Morgan fingerprint density at radius 2 is 1.95 bits per heavy atom. The molecular weight excluding hydrogens is 292 g/mol. The summed E-state index contributed by atoms with van der Waals surface area (Å²) in [4.78, 5) is 6.42. The van der Waals surface area contributed by atoms with Gasteiger partial charge in [-0.15, -0.1) is 0 Å². The number of hydrogen-bond donors (Lipinski definition) is 1. The molecule has 5 heteroatoms. The van der Waals surface area contributed by atoms with Gasteiger partial charge in [-0.3, -0.25) is 10.4 Å². The van der Waals surface area contributed by atoms with Crippen molar-refractivity contribution in [1.82, 2.24) is 15.3 Å². The van der Waals surface area contributed by atoms with Gasteiger partial charge in [-0.25, -0.2) is 0 Å². The zero-order chi connectivity index (χ0) is 15.4. The quantitative estimate of drug-likeness (QED) is 0.526. The molecule has 1 aromatic carbocycles. The van der Waals surface area contributed by atoms with Gasteiger partial charge in [0, 0.05) is 19.3 Å². The number of nitrogens with one attached hydrogen (secondary N) is 1. The summed E-state index contributed by atoms with van der Waals surface area (Å²) >= 11 is 5.46. The van der Waals surface area contributed by atoms with E-state index in [2.05, 4.69) is 44.7 Å². The highest BCUT2D eigenvalue weighted by molar-refractivity contribution is 7.80. The number of aromatic nitrogens is 1. The molecule has 112 valence electrons. The van der Waals surface area contributed by atoms with E-state index in [4.69, 9.17) is 12.2 Å². The van der Waals surface area contributed by atoms with Crippen LogP contribution in [0.3, 0.4) is 0 Å². The second-order valence-electron chi connectivity index (χ2n) is 5.27. The Hall–Kier alpha value is -2.27. The third-order valence-corrected chi connectivity index (χ3v) is 4.12. The zero-order valence-corrected chi connectivity index (χ0v) is 13.3. The van der Waals surface area contributed by atoms with E-state index >= 15 is 0 Å². The van der Waals surface area contributed by atoms with Gasteiger partial charge in [-0.05, 0) is 48.8 Å². The number of thiocarbonyl (C=S) groups is 1. The first-order valence-corrected chi connectivity index (χ1v) is 7.72. The van der Waals surface area contributed by atoms with Gasteiger partial charge >= 0.3 is 0 Å². The number of pyridine rings is 1. The fourth-order valence-corrected chi connectivity index (χ4v) is 2.71. The lowest BCUT2D eigenvalue weighted by atomic mass is 10.0. The van der Waals surface area contributed by atoms with Gasteiger partial charge in [0.15, 0.2) is 5.11 Å². The molecule has 0 amide bonds. The van der Waals surface area contributed by atoms with Crippen LogP contribution in [-0.2, 0) is 13.0 Å². The molecule has 3 rings (SSSR count). The second kappa shape index (κ2) is 6.66. The van der Waals surface area contributed by atoms with E-state index in [0.717, 1.165) is 30.9 Å². The molecule has 0 spiro atoms. The van der Waals surface area contributed by atoms with Crippen LogP contribution in [0.5, 0.6) is 0 Å². The molecule has 0 fully saturated rings. The molecule has 1 N–H and O–H groups in total. The molecule has 0 unspecified atom stereocenters.